The number of ether oxygens (including phenoxy) is 3. The molecule has 0 aliphatic heterocycles. The Morgan fingerprint density at radius 3 is 2.53 bits per heavy atom. The average molecular weight is 436 g/mol. The Morgan fingerprint density at radius 1 is 1.03 bits per heavy atom. The number of nitrogens with zero attached hydrogens (tertiary/aromatic N) is 1. The molecular weight excluding hydrogens is 402 g/mol. The van der Waals surface area contributed by atoms with Gasteiger partial charge in [-0.2, -0.15) is 0 Å². The summed E-state index contributed by atoms with van der Waals surface area (Å²) in [5.41, 5.74) is 4.34. The lowest BCUT2D eigenvalue weighted by atomic mass is 9.71. The molecule has 0 N–H and O–H groups in total. The monoisotopic (exact) mass is 435 g/mol. The van der Waals surface area contributed by atoms with E-state index >= 15 is 0 Å². The van der Waals surface area contributed by atoms with Crippen LogP contribution < -0.4 is 9.47 Å². The van der Waals surface area contributed by atoms with E-state index in [4.69, 9.17) is 14.2 Å². The van der Waals surface area contributed by atoms with E-state index in [2.05, 4.69) is 42.8 Å². The Labute approximate surface area is 190 Å². The third kappa shape index (κ3) is 4.02. The Morgan fingerprint density at radius 2 is 1.84 bits per heavy atom. The van der Waals surface area contributed by atoms with Gasteiger partial charge in [-0.15, -0.1) is 0 Å². The van der Waals surface area contributed by atoms with E-state index in [1.807, 2.05) is 6.07 Å². The van der Waals surface area contributed by atoms with Crippen molar-refractivity contribution in [1.82, 2.24) is 4.57 Å². The fourth-order valence-electron chi connectivity index (χ4n) is 5.24. The maximum absolute atomic E-state index is 13.9. The Bertz CT molecular complexity index is 1120. The third-order valence-electron chi connectivity index (χ3n) is 7.10. The van der Waals surface area contributed by atoms with E-state index < -0.39 is 0 Å². The van der Waals surface area contributed by atoms with Crippen molar-refractivity contribution < 1.29 is 19.0 Å². The number of hydrogen-bond donors (Lipinski definition) is 0. The Kier molecular flexibility index (Phi) is 6.56. The second kappa shape index (κ2) is 9.37. The van der Waals surface area contributed by atoms with E-state index in [0.717, 1.165) is 19.3 Å². The highest BCUT2D eigenvalue weighted by atomic mass is 16.5. The highest BCUT2D eigenvalue weighted by molar-refractivity contribution is 6.01. The van der Waals surface area contributed by atoms with Gasteiger partial charge in [0.2, 0.25) is 0 Å². The molecule has 0 saturated heterocycles. The van der Waals surface area contributed by atoms with Gasteiger partial charge in [0, 0.05) is 36.7 Å². The van der Waals surface area contributed by atoms with Crippen LogP contribution in [0.1, 0.15) is 53.7 Å². The number of rotatable bonds is 7. The number of aryl methyl sites for hydroxylation is 2. The molecule has 0 bridgehead atoms. The average Bonchev–Trinajstić information content (AvgIpc) is 3.17. The van der Waals surface area contributed by atoms with Gasteiger partial charge in [0.25, 0.3) is 0 Å². The van der Waals surface area contributed by atoms with Gasteiger partial charge in [0.1, 0.15) is 11.5 Å². The van der Waals surface area contributed by atoms with Crippen molar-refractivity contribution in [3.05, 3.63) is 59.3 Å². The molecule has 1 saturated carbocycles. The summed E-state index contributed by atoms with van der Waals surface area (Å²) in [6, 6.07) is 14.3. The molecule has 1 fully saturated rings. The van der Waals surface area contributed by atoms with Crippen molar-refractivity contribution in [3.8, 4) is 11.5 Å². The molecule has 3 atom stereocenters. The first-order valence-electron chi connectivity index (χ1n) is 11.4. The molecule has 2 aromatic carbocycles. The largest absolute Gasteiger partial charge is 0.497 e. The second-order valence-corrected chi connectivity index (χ2v) is 8.68. The minimum absolute atomic E-state index is 0.0870. The van der Waals surface area contributed by atoms with Gasteiger partial charge in [-0.25, -0.2) is 0 Å². The second-order valence-electron chi connectivity index (χ2n) is 8.68. The molecule has 170 valence electrons. The standard InChI is InChI=1S/C27H33NO4/c1-6-19-14-18-13-17(7-11-25(18)28(19)2)22-10-8-20(30-3)15-23(22)27(29)24-16-21(31-4)9-12-26(24)32-5/h7,9,11-14,16,20,22-23H,6,8,10,15H2,1-5H3. The molecule has 1 heterocycles. The number of methoxy groups -OCH3 is 3. The molecule has 32 heavy (non-hydrogen) atoms. The number of carbonyl (C=O) groups excluding carboxylic acids is 1. The molecule has 1 aliphatic rings. The topological polar surface area (TPSA) is 49.7 Å². The highest BCUT2D eigenvalue weighted by Gasteiger charge is 2.37. The molecule has 4 rings (SSSR count). The zero-order valence-electron chi connectivity index (χ0n) is 19.7. The van der Waals surface area contributed by atoms with E-state index in [1.165, 1.54) is 22.2 Å². The number of Topliss-reactive ketones (excluding diaryl/α,β-unsaturated/α-hetero) is 1. The summed E-state index contributed by atoms with van der Waals surface area (Å²) in [5.74, 6) is 1.29. The van der Waals surface area contributed by atoms with Crippen LogP contribution in [0.15, 0.2) is 42.5 Å². The van der Waals surface area contributed by atoms with Crippen molar-refractivity contribution in [2.75, 3.05) is 21.3 Å². The quantitative estimate of drug-likeness (QED) is 0.457. The van der Waals surface area contributed by atoms with Crippen LogP contribution in [0.4, 0.5) is 0 Å². The summed E-state index contributed by atoms with van der Waals surface area (Å²) in [6.07, 6.45) is 3.65. The van der Waals surface area contributed by atoms with Gasteiger partial charge in [-0.05, 0) is 73.6 Å². The number of fused-ring (bicyclic) bond motifs is 1. The van der Waals surface area contributed by atoms with Crippen molar-refractivity contribution in [1.29, 1.82) is 0 Å². The first-order chi connectivity index (χ1) is 15.5. The molecule has 0 spiro atoms. The van der Waals surface area contributed by atoms with Gasteiger partial charge in [-0.3, -0.25) is 4.79 Å². The zero-order chi connectivity index (χ0) is 22.8. The van der Waals surface area contributed by atoms with Crippen LogP contribution in [-0.4, -0.2) is 37.8 Å². The van der Waals surface area contributed by atoms with Crippen molar-refractivity contribution in [2.24, 2.45) is 13.0 Å². The van der Waals surface area contributed by atoms with E-state index in [0.29, 0.717) is 23.5 Å². The van der Waals surface area contributed by atoms with Gasteiger partial charge < -0.3 is 18.8 Å². The maximum atomic E-state index is 13.9. The first-order valence-corrected chi connectivity index (χ1v) is 11.4. The number of hydrogen-bond acceptors (Lipinski definition) is 4. The fourth-order valence-corrected chi connectivity index (χ4v) is 5.24. The smallest absolute Gasteiger partial charge is 0.170 e. The highest BCUT2D eigenvalue weighted by Crippen LogP contribution is 2.43. The minimum Gasteiger partial charge on any atom is -0.497 e. The molecule has 3 aromatic rings. The van der Waals surface area contributed by atoms with Crippen LogP contribution in [0.25, 0.3) is 10.9 Å². The fraction of sp³-hybridized carbons (Fsp3) is 0.444. The van der Waals surface area contributed by atoms with Gasteiger partial charge in [0.15, 0.2) is 5.78 Å². The lowest BCUT2D eigenvalue weighted by molar-refractivity contribution is 0.0388. The molecule has 5 heteroatoms. The summed E-state index contributed by atoms with van der Waals surface area (Å²) < 4.78 is 18.8. The van der Waals surface area contributed by atoms with Gasteiger partial charge in [-0.1, -0.05) is 13.0 Å². The molecule has 3 unspecified atom stereocenters. The minimum atomic E-state index is -0.179. The predicted molar refractivity (Wildman–Crippen MR) is 127 cm³/mol. The summed E-state index contributed by atoms with van der Waals surface area (Å²) in [5, 5.41) is 1.24. The molecular formula is C27H33NO4. The predicted octanol–water partition coefficient (Wildman–Crippen LogP) is 5.54. The number of benzene rings is 2. The Hall–Kier alpha value is -2.79. The maximum Gasteiger partial charge on any atom is 0.170 e. The van der Waals surface area contributed by atoms with Crippen molar-refractivity contribution in [2.45, 2.75) is 44.6 Å². The molecule has 1 aromatic heterocycles. The number of ketones is 1. The van der Waals surface area contributed by atoms with Crippen molar-refractivity contribution >= 4 is 16.7 Å². The van der Waals surface area contributed by atoms with Crippen LogP contribution in [-0.2, 0) is 18.2 Å². The van der Waals surface area contributed by atoms with Crippen LogP contribution in [0.2, 0.25) is 0 Å². The first kappa shape index (κ1) is 22.4. The van der Waals surface area contributed by atoms with Gasteiger partial charge in [0.05, 0.1) is 25.9 Å². The zero-order valence-corrected chi connectivity index (χ0v) is 19.7. The lowest BCUT2D eigenvalue weighted by Gasteiger charge is -2.35. The third-order valence-corrected chi connectivity index (χ3v) is 7.10. The van der Waals surface area contributed by atoms with E-state index in [9.17, 15) is 4.79 Å². The molecule has 1 aliphatic carbocycles. The van der Waals surface area contributed by atoms with Crippen LogP contribution in [0, 0.1) is 5.92 Å². The van der Waals surface area contributed by atoms with Gasteiger partial charge >= 0.3 is 0 Å². The summed E-state index contributed by atoms with van der Waals surface area (Å²) in [6.45, 7) is 2.18. The normalized spacial score (nSPS) is 21.0. The summed E-state index contributed by atoms with van der Waals surface area (Å²) in [7, 11) is 7.07. The number of aromatic nitrogens is 1. The van der Waals surface area contributed by atoms with Crippen LogP contribution >= 0.6 is 0 Å². The molecule has 0 radical (unpaired) electrons. The lowest BCUT2D eigenvalue weighted by Crippen LogP contribution is -2.33. The van der Waals surface area contributed by atoms with E-state index in [1.54, 1.807) is 33.5 Å². The van der Waals surface area contributed by atoms with Crippen LogP contribution in [0.5, 0.6) is 11.5 Å². The summed E-state index contributed by atoms with van der Waals surface area (Å²) in [4.78, 5) is 13.9. The van der Waals surface area contributed by atoms with Crippen molar-refractivity contribution in [3.63, 3.8) is 0 Å². The van der Waals surface area contributed by atoms with Crippen LogP contribution in [0.3, 0.4) is 0 Å². The molecule has 5 nitrogen and oxygen atoms in total. The Balaban J connectivity index is 1.74. The SMILES string of the molecule is CCc1cc2cc(C3CCC(OC)CC3C(=O)c3cc(OC)ccc3OC)ccc2n1C. The van der Waals surface area contributed by atoms with E-state index in [-0.39, 0.29) is 23.7 Å². The number of carbonyl (C=O) groups is 1. The summed E-state index contributed by atoms with van der Waals surface area (Å²) >= 11 is 0. The molecule has 0 amide bonds.